The number of hydrogen-bond acceptors (Lipinski definition) is 3. The van der Waals surface area contributed by atoms with E-state index in [1.165, 1.54) is 0 Å². The minimum Gasteiger partial charge on any atom is -0.306 e. The van der Waals surface area contributed by atoms with Gasteiger partial charge in [-0.15, -0.1) is 0 Å². The first-order valence-electron chi connectivity index (χ1n) is 6.65. The number of rotatable bonds is 1. The smallest absolute Gasteiger partial charge is 0.259 e. The van der Waals surface area contributed by atoms with Crippen molar-refractivity contribution in [3.63, 3.8) is 0 Å². The minimum atomic E-state index is -0.123. The van der Waals surface area contributed by atoms with Crippen LogP contribution < -0.4 is 5.56 Å². The molecule has 0 aliphatic rings. The van der Waals surface area contributed by atoms with Gasteiger partial charge in [0.2, 0.25) is 0 Å². The summed E-state index contributed by atoms with van der Waals surface area (Å²) in [4.78, 5) is 23.8. The monoisotopic (exact) mass is 273 g/mol. The molecule has 2 aromatic carbocycles. The van der Waals surface area contributed by atoms with E-state index < -0.39 is 0 Å². The quantitative estimate of drug-likeness (QED) is 0.579. The molecule has 1 N–H and O–H groups in total. The lowest BCUT2D eigenvalue weighted by molar-refractivity contribution is 1.18. The summed E-state index contributed by atoms with van der Waals surface area (Å²) in [5.41, 5.74) is 1.47. The van der Waals surface area contributed by atoms with Gasteiger partial charge in [0.25, 0.3) is 5.56 Å². The van der Waals surface area contributed by atoms with Crippen molar-refractivity contribution < 1.29 is 0 Å². The molecular formula is C17H11N3O. The SMILES string of the molecule is O=c1[nH]c(-c2cccc3cnccc23)nc2ccccc12. The largest absolute Gasteiger partial charge is 0.306 e. The predicted molar refractivity (Wildman–Crippen MR) is 83.1 cm³/mol. The van der Waals surface area contributed by atoms with E-state index in [1.807, 2.05) is 42.5 Å². The molecule has 4 heteroatoms. The van der Waals surface area contributed by atoms with Crippen LogP contribution in [0.5, 0.6) is 0 Å². The van der Waals surface area contributed by atoms with Crippen LogP contribution in [0.1, 0.15) is 0 Å². The molecule has 0 spiro atoms. The highest BCUT2D eigenvalue weighted by Gasteiger charge is 2.08. The van der Waals surface area contributed by atoms with Gasteiger partial charge < -0.3 is 4.98 Å². The number of hydrogen-bond donors (Lipinski definition) is 1. The molecule has 0 unspecified atom stereocenters. The number of aromatic nitrogens is 3. The Bertz CT molecular complexity index is 1020. The molecule has 0 fully saturated rings. The summed E-state index contributed by atoms with van der Waals surface area (Å²) in [5.74, 6) is 0.579. The first kappa shape index (κ1) is 11.8. The molecule has 21 heavy (non-hydrogen) atoms. The highest BCUT2D eigenvalue weighted by atomic mass is 16.1. The van der Waals surface area contributed by atoms with Gasteiger partial charge in [0, 0.05) is 23.3 Å². The summed E-state index contributed by atoms with van der Waals surface area (Å²) in [5, 5.41) is 2.64. The molecule has 100 valence electrons. The Hall–Kier alpha value is -3.01. The Labute approximate surface area is 120 Å². The molecule has 2 heterocycles. The highest BCUT2D eigenvalue weighted by molar-refractivity contribution is 5.95. The molecule has 0 atom stereocenters. The van der Waals surface area contributed by atoms with E-state index in [0.717, 1.165) is 16.3 Å². The Balaban J connectivity index is 2.07. The van der Waals surface area contributed by atoms with Crippen LogP contribution in [0.4, 0.5) is 0 Å². The number of nitrogens with zero attached hydrogens (tertiary/aromatic N) is 2. The van der Waals surface area contributed by atoms with Gasteiger partial charge in [-0.25, -0.2) is 4.98 Å². The first-order chi connectivity index (χ1) is 10.3. The standard InChI is InChI=1S/C17H11N3O/c21-17-14-5-1-2-7-15(14)19-16(20-17)13-6-3-4-11-10-18-9-8-12(11)13/h1-10H,(H,19,20,21). The number of fused-ring (bicyclic) bond motifs is 2. The fraction of sp³-hybridized carbons (Fsp3) is 0. The van der Waals surface area contributed by atoms with Crippen LogP contribution >= 0.6 is 0 Å². The predicted octanol–water partition coefficient (Wildman–Crippen LogP) is 3.14. The molecule has 0 bridgehead atoms. The van der Waals surface area contributed by atoms with Crippen LogP contribution in [0.15, 0.2) is 65.7 Å². The van der Waals surface area contributed by atoms with Crippen molar-refractivity contribution in [1.29, 1.82) is 0 Å². The van der Waals surface area contributed by atoms with Crippen LogP contribution in [0.25, 0.3) is 33.1 Å². The van der Waals surface area contributed by atoms with Crippen molar-refractivity contribution in [1.82, 2.24) is 15.0 Å². The van der Waals surface area contributed by atoms with Gasteiger partial charge in [0.1, 0.15) is 5.82 Å². The second kappa shape index (κ2) is 4.52. The molecular weight excluding hydrogens is 262 g/mol. The minimum absolute atomic E-state index is 0.123. The van der Waals surface area contributed by atoms with Crippen LogP contribution in [-0.2, 0) is 0 Å². The normalized spacial score (nSPS) is 11.0. The molecule has 4 rings (SSSR count). The lowest BCUT2D eigenvalue weighted by Crippen LogP contribution is -2.09. The molecule has 0 amide bonds. The van der Waals surface area contributed by atoms with Gasteiger partial charge in [0.15, 0.2) is 0 Å². The molecule has 0 aliphatic heterocycles. The summed E-state index contributed by atoms with van der Waals surface area (Å²) in [6.07, 6.45) is 3.54. The van der Waals surface area contributed by atoms with Gasteiger partial charge in [-0.2, -0.15) is 0 Å². The maximum absolute atomic E-state index is 12.2. The Kier molecular flexibility index (Phi) is 2.54. The number of nitrogens with one attached hydrogen (secondary N) is 1. The lowest BCUT2D eigenvalue weighted by atomic mass is 10.1. The van der Waals surface area contributed by atoms with Gasteiger partial charge in [0.05, 0.1) is 10.9 Å². The van der Waals surface area contributed by atoms with E-state index in [2.05, 4.69) is 15.0 Å². The summed E-state index contributed by atoms with van der Waals surface area (Å²) in [7, 11) is 0. The maximum atomic E-state index is 12.2. The maximum Gasteiger partial charge on any atom is 0.259 e. The summed E-state index contributed by atoms with van der Waals surface area (Å²) >= 11 is 0. The second-order valence-electron chi connectivity index (χ2n) is 4.83. The third-order valence-electron chi connectivity index (χ3n) is 3.55. The Morgan fingerprint density at radius 1 is 0.905 bits per heavy atom. The van der Waals surface area contributed by atoms with Crippen LogP contribution in [0.3, 0.4) is 0 Å². The fourth-order valence-electron chi connectivity index (χ4n) is 2.54. The van der Waals surface area contributed by atoms with Crippen molar-refractivity contribution in [2.24, 2.45) is 0 Å². The van der Waals surface area contributed by atoms with Crippen LogP contribution in [0, 0.1) is 0 Å². The average molecular weight is 273 g/mol. The zero-order chi connectivity index (χ0) is 14.2. The van der Waals surface area contributed by atoms with Gasteiger partial charge in [-0.05, 0) is 23.6 Å². The van der Waals surface area contributed by atoms with E-state index in [0.29, 0.717) is 16.7 Å². The molecule has 4 nitrogen and oxygen atoms in total. The fourth-order valence-corrected chi connectivity index (χ4v) is 2.54. The van der Waals surface area contributed by atoms with E-state index in [-0.39, 0.29) is 5.56 Å². The van der Waals surface area contributed by atoms with E-state index in [9.17, 15) is 4.79 Å². The van der Waals surface area contributed by atoms with Crippen LogP contribution in [-0.4, -0.2) is 15.0 Å². The molecule has 0 radical (unpaired) electrons. The number of benzene rings is 2. The summed E-state index contributed by atoms with van der Waals surface area (Å²) < 4.78 is 0. The van der Waals surface area contributed by atoms with Gasteiger partial charge >= 0.3 is 0 Å². The first-order valence-corrected chi connectivity index (χ1v) is 6.65. The van der Waals surface area contributed by atoms with Gasteiger partial charge in [-0.1, -0.05) is 30.3 Å². The van der Waals surface area contributed by atoms with Crippen molar-refractivity contribution in [3.05, 3.63) is 71.3 Å². The number of para-hydroxylation sites is 1. The Morgan fingerprint density at radius 2 is 1.81 bits per heavy atom. The van der Waals surface area contributed by atoms with Crippen molar-refractivity contribution in [2.75, 3.05) is 0 Å². The molecule has 2 aromatic heterocycles. The molecule has 0 saturated heterocycles. The van der Waals surface area contributed by atoms with E-state index in [4.69, 9.17) is 0 Å². The molecule has 0 aliphatic carbocycles. The van der Waals surface area contributed by atoms with Crippen molar-refractivity contribution >= 4 is 21.7 Å². The number of H-pyrrole nitrogens is 1. The summed E-state index contributed by atoms with van der Waals surface area (Å²) in [6.45, 7) is 0. The van der Waals surface area contributed by atoms with E-state index in [1.54, 1.807) is 18.5 Å². The number of pyridine rings is 1. The lowest BCUT2D eigenvalue weighted by Gasteiger charge is -2.06. The third-order valence-corrected chi connectivity index (χ3v) is 3.55. The summed E-state index contributed by atoms with van der Waals surface area (Å²) in [6, 6.07) is 15.2. The highest BCUT2D eigenvalue weighted by Crippen LogP contribution is 2.25. The topological polar surface area (TPSA) is 58.6 Å². The average Bonchev–Trinajstić information content (AvgIpc) is 2.54. The van der Waals surface area contributed by atoms with Crippen molar-refractivity contribution in [3.8, 4) is 11.4 Å². The number of aromatic amines is 1. The molecule has 0 saturated carbocycles. The van der Waals surface area contributed by atoms with Crippen molar-refractivity contribution in [2.45, 2.75) is 0 Å². The third kappa shape index (κ3) is 1.89. The van der Waals surface area contributed by atoms with Gasteiger partial charge in [-0.3, -0.25) is 9.78 Å². The van der Waals surface area contributed by atoms with E-state index >= 15 is 0 Å². The Morgan fingerprint density at radius 3 is 2.76 bits per heavy atom. The second-order valence-corrected chi connectivity index (χ2v) is 4.83. The zero-order valence-corrected chi connectivity index (χ0v) is 11.1. The zero-order valence-electron chi connectivity index (χ0n) is 11.1. The van der Waals surface area contributed by atoms with Crippen LogP contribution in [0.2, 0.25) is 0 Å². The molecule has 4 aromatic rings.